The van der Waals surface area contributed by atoms with Crippen molar-refractivity contribution in [3.05, 3.63) is 11.1 Å². The first-order chi connectivity index (χ1) is 14.8. The highest BCUT2D eigenvalue weighted by molar-refractivity contribution is 5.83. The van der Waals surface area contributed by atoms with Gasteiger partial charge in [-0.25, -0.2) is 0 Å². The van der Waals surface area contributed by atoms with Gasteiger partial charge in [-0.1, -0.05) is 58.3 Å². The van der Waals surface area contributed by atoms with Crippen molar-refractivity contribution in [1.29, 1.82) is 0 Å². The van der Waals surface area contributed by atoms with Gasteiger partial charge in [0.05, 0.1) is 6.54 Å². The van der Waals surface area contributed by atoms with E-state index in [0.717, 1.165) is 19.3 Å². The summed E-state index contributed by atoms with van der Waals surface area (Å²) >= 11 is 0. The number of hydrogen-bond donors (Lipinski definition) is 0. The third-order valence-corrected chi connectivity index (χ3v) is 5.34. The molecule has 7 heteroatoms. The molecule has 176 valence electrons. The smallest absolute Gasteiger partial charge is 0.306 e. The lowest BCUT2D eigenvalue weighted by molar-refractivity contribution is -0.155. The summed E-state index contributed by atoms with van der Waals surface area (Å²) in [6.07, 6.45) is 12.5. The number of hydrogen-bond acceptors (Lipinski definition) is 7. The van der Waals surface area contributed by atoms with E-state index in [2.05, 4.69) is 11.9 Å². The number of esters is 3. The summed E-state index contributed by atoms with van der Waals surface area (Å²) in [6.45, 7) is 6.78. The average molecular weight is 438 g/mol. The minimum atomic E-state index is -1.03. The van der Waals surface area contributed by atoms with Crippen molar-refractivity contribution in [2.45, 2.75) is 97.5 Å². The van der Waals surface area contributed by atoms with Crippen LogP contribution in [-0.2, 0) is 28.6 Å². The number of unbranched alkanes of at least 4 members (excludes halogenated alkanes) is 8. The Morgan fingerprint density at radius 1 is 0.903 bits per heavy atom. The van der Waals surface area contributed by atoms with Crippen LogP contribution >= 0.6 is 0 Å². The number of dihydropyridines is 1. The Morgan fingerprint density at radius 2 is 1.45 bits per heavy atom. The van der Waals surface area contributed by atoms with Crippen molar-refractivity contribution in [2.24, 2.45) is 4.99 Å². The van der Waals surface area contributed by atoms with E-state index in [-0.39, 0.29) is 25.7 Å². The number of rotatable bonds is 15. The summed E-state index contributed by atoms with van der Waals surface area (Å²) in [5.74, 6) is -1.16. The molecule has 0 aromatic rings. The fraction of sp³-hybridized carbons (Fsp3) is 0.750. The van der Waals surface area contributed by atoms with Gasteiger partial charge in [-0.15, -0.1) is 0 Å². The zero-order chi connectivity index (χ0) is 23.1. The van der Waals surface area contributed by atoms with Crippen LogP contribution in [0.25, 0.3) is 0 Å². The van der Waals surface area contributed by atoms with E-state index in [1.165, 1.54) is 52.4 Å². The number of carbonyl (C=O) groups is 3. The predicted molar refractivity (Wildman–Crippen MR) is 120 cm³/mol. The Kier molecular flexibility index (Phi) is 12.8. The molecule has 0 spiro atoms. The van der Waals surface area contributed by atoms with Crippen LogP contribution in [0.5, 0.6) is 0 Å². The number of ether oxygens (including phenoxy) is 3. The van der Waals surface area contributed by atoms with Gasteiger partial charge in [0.25, 0.3) is 0 Å². The van der Waals surface area contributed by atoms with Gasteiger partial charge in [-0.05, 0) is 13.3 Å². The van der Waals surface area contributed by atoms with Crippen LogP contribution in [0.15, 0.2) is 16.1 Å². The van der Waals surface area contributed by atoms with E-state index in [1.807, 2.05) is 0 Å². The molecule has 0 fully saturated rings. The van der Waals surface area contributed by atoms with Crippen molar-refractivity contribution in [1.82, 2.24) is 0 Å². The van der Waals surface area contributed by atoms with Crippen LogP contribution in [0.2, 0.25) is 0 Å². The van der Waals surface area contributed by atoms with Crippen molar-refractivity contribution >= 4 is 24.1 Å². The summed E-state index contributed by atoms with van der Waals surface area (Å²) in [7, 11) is 0. The van der Waals surface area contributed by atoms with Crippen LogP contribution < -0.4 is 0 Å². The van der Waals surface area contributed by atoms with Crippen molar-refractivity contribution in [3.8, 4) is 0 Å². The molecule has 0 saturated carbocycles. The summed E-state index contributed by atoms with van der Waals surface area (Å²) in [5.41, 5.74) is 0.149. The summed E-state index contributed by atoms with van der Waals surface area (Å²) in [4.78, 5) is 39.3. The molecule has 1 rings (SSSR count). The second-order valence-corrected chi connectivity index (χ2v) is 8.32. The van der Waals surface area contributed by atoms with E-state index in [1.54, 1.807) is 13.1 Å². The first kappa shape index (κ1) is 26.9. The Bertz CT molecular complexity index is 654. The molecule has 0 aromatic heterocycles. The zero-order valence-corrected chi connectivity index (χ0v) is 19.7. The van der Waals surface area contributed by atoms with Crippen molar-refractivity contribution in [2.75, 3.05) is 19.8 Å². The van der Waals surface area contributed by atoms with Gasteiger partial charge in [0, 0.05) is 37.6 Å². The monoisotopic (exact) mass is 437 g/mol. The molecule has 31 heavy (non-hydrogen) atoms. The standard InChI is InChI=1S/C24H39NO6/c1-5-6-7-8-9-10-11-12-13-14-23(28)31-24(4)18-25-15-21(16-29-19(2)26)22(24)17-30-20(3)27/h15H,5-14,16-18H2,1-4H3. The molecular formula is C24H39NO6. The highest BCUT2D eigenvalue weighted by Crippen LogP contribution is 2.29. The molecule has 1 atom stereocenters. The summed E-state index contributed by atoms with van der Waals surface area (Å²) < 4.78 is 16.0. The number of aliphatic imine (C=N–C) groups is 1. The van der Waals surface area contributed by atoms with Crippen LogP contribution in [0.3, 0.4) is 0 Å². The van der Waals surface area contributed by atoms with Gasteiger partial charge in [0.1, 0.15) is 13.2 Å². The molecule has 0 saturated heterocycles. The lowest BCUT2D eigenvalue weighted by Crippen LogP contribution is -2.42. The van der Waals surface area contributed by atoms with Gasteiger partial charge in [-0.2, -0.15) is 0 Å². The normalized spacial score (nSPS) is 18.1. The number of carbonyl (C=O) groups excluding carboxylic acids is 3. The van der Waals surface area contributed by atoms with Crippen molar-refractivity contribution < 1.29 is 28.6 Å². The highest BCUT2D eigenvalue weighted by Gasteiger charge is 2.37. The Hall–Kier alpha value is -2.18. The molecular weight excluding hydrogens is 398 g/mol. The van der Waals surface area contributed by atoms with E-state index < -0.39 is 17.5 Å². The second kappa shape index (κ2) is 14.8. The largest absolute Gasteiger partial charge is 0.461 e. The fourth-order valence-electron chi connectivity index (χ4n) is 3.54. The lowest BCUT2D eigenvalue weighted by Gasteiger charge is -2.34. The molecule has 0 aliphatic carbocycles. The third kappa shape index (κ3) is 11.1. The Balaban J connectivity index is 2.56. The Morgan fingerprint density at radius 3 is 2.03 bits per heavy atom. The van der Waals surface area contributed by atoms with Gasteiger partial charge in [0.2, 0.25) is 0 Å². The summed E-state index contributed by atoms with van der Waals surface area (Å²) in [5, 5.41) is 0. The Labute approximate surface area is 186 Å². The maximum atomic E-state index is 12.5. The highest BCUT2D eigenvalue weighted by atomic mass is 16.6. The molecule has 7 nitrogen and oxygen atoms in total. The second-order valence-electron chi connectivity index (χ2n) is 8.32. The molecule has 1 heterocycles. The van der Waals surface area contributed by atoms with Crippen LogP contribution in [0, 0.1) is 0 Å². The lowest BCUT2D eigenvalue weighted by atomic mass is 9.89. The first-order valence-corrected chi connectivity index (χ1v) is 11.5. The van der Waals surface area contributed by atoms with E-state index in [0.29, 0.717) is 17.6 Å². The average Bonchev–Trinajstić information content (AvgIpc) is 2.69. The van der Waals surface area contributed by atoms with Crippen LogP contribution in [-0.4, -0.2) is 49.5 Å². The van der Waals surface area contributed by atoms with Crippen LogP contribution in [0.1, 0.15) is 91.9 Å². The van der Waals surface area contributed by atoms with E-state index in [4.69, 9.17) is 14.2 Å². The maximum Gasteiger partial charge on any atom is 0.306 e. The molecule has 0 N–H and O–H groups in total. The molecule has 0 aromatic carbocycles. The van der Waals surface area contributed by atoms with Gasteiger partial charge in [0.15, 0.2) is 5.60 Å². The minimum absolute atomic E-state index is 0.0131. The van der Waals surface area contributed by atoms with Crippen molar-refractivity contribution in [3.63, 3.8) is 0 Å². The minimum Gasteiger partial charge on any atom is -0.461 e. The van der Waals surface area contributed by atoms with Gasteiger partial charge >= 0.3 is 17.9 Å². The van der Waals surface area contributed by atoms with Crippen LogP contribution in [0.4, 0.5) is 0 Å². The summed E-state index contributed by atoms with van der Waals surface area (Å²) in [6, 6.07) is 0. The third-order valence-electron chi connectivity index (χ3n) is 5.34. The van der Waals surface area contributed by atoms with E-state index in [9.17, 15) is 14.4 Å². The van der Waals surface area contributed by atoms with Gasteiger partial charge in [-0.3, -0.25) is 19.4 Å². The SMILES string of the molecule is CCCCCCCCCCCC(=O)OC1(C)CN=CC(COC(C)=O)=C1COC(C)=O. The first-order valence-electron chi connectivity index (χ1n) is 11.5. The molecule has 0 bridgehead atoms. The molecule has 1 unspecified atom stereocenters. The van der Waals surface area contributed by atoms with E-state index >= 15 is 0 Å². The van der Waals surface area contributed by atoms with Gasteiger partial charge < -0.3 is 14.2 Å². The molecule has 0 amide bonds. The predicted octanol–water partition coefficient (Wildman–Crippen LogP) is 4.72. The maximum absolute atomic E-state index is 12.5. The topological polar surface area (TPSA) is 91.3 Å². The fourth-order valence-corrected chi connectivity index (χ4v) is 3.54. The molecule has 0 radical (unpaired) electrons. The molecule has 1 aliphatic heterocycles. The quantitative estimate of drug-likeness (QED) is 0.209. The molecule has 1 aliphatic rings. The zero-order valence-electron chi connectivity index (χ0n) is 19.7. The number of nitrogens with zero attached hydrogens (tertiary/aromatic N) is 1.